The molecule has 1 amide bonds. The van der Waals surface area contributed by atoms with Crippen molar-refractivity contribution in [3.8, 4) is 0 Å². The molecule has 0 aromatic rings. The summed E-state index contributed by atoms with van der Waals surface area (Å²) in [6.07, 6.45) is 7.72. The molecule has 3 nitrogen and oxygen atoms in total. The van der Waals surface area contributed by atoms with E-state index >= 15 is 0 Å². The van der Waals surface area contributed by atoms with Gasteiger partial charge in [0.1, 0.15) is 0 Å². The number of rotatable bonds is 6. The van der Waals surface area contributed by atoms with Gasteiger partial charge < -0.3 is 10.1 Å². The van der Waals surface area contributed by atoms with Crippen molar-refractivity contribution >= 4 is 5.91 Å². The second-order valence-electron chi connectivity index (χ2n) is 4.52. The molecule has 0 radical (unpaired) electrons. The molecular weight excluding hydrogens is 202 g/mol. The van der Waals surface area contributed by atoms with E-state index in [0.29, 0.717) is 18.2 Å². The summed E-state index contributed by atoms with van der Waals surface area (Å²) in [4.78, 5) is 11.2. The Morgan fingerprint density at radius 2 is 2.06 bits per heavy atom. The van der Waals surface area contributed by atoms with Gasteiger partial charge in [-0.05, 0) is 26.2 Å². The minimum Gasteiger partial charge on any atom is -0.378 e. The molecule has 0 unspecified atom stereocenters. The molecule has 1 aliphatic carbocycles. The van der Waals surface area contributed by atoms with Crippen molar-refractivity contribution in [1.82, 2.24) is 5.32 Å². The van der Waals surface area contributed by atoms with Gasteiger partial charge in [-0.1, -0.05) is 25.8 Å². The van der Waals surface area contributed by atoms with Crippen LogP contribution < -0.4 is 5.32 Å². The van der Waals surface area contributed by atoms with E-state index in [9.17, 15) is 4.79 Å². The molecule has 92 valence electrons. The molecule has 0 aromatic heterocycles. The molecule has 1 saturated carbocycles. The maximum absolute atomic E-state index is 11.2. The topological polar surface area (TPSA) is 38.3 Å². The van der Waals surface area contributed by atoms with E-state index < -0.39 is 0 Å². The molecule has 0 aliphatic heterocycles. The van der Waals surface area contributed by atoms with Gasteiger partial charge in [0, 0.05) is 18.7 Å². The second-order valence-corrected chi connectivity index (χ2v) is 4.52. The smallest absolute Gasteiger partial charge is 0.246 e. The quantitative estimate of drug-likeness (QED) is 0.557. The van der Waals surface area contributed by atoms with E-state index in [1.54, 1.807) is 6.92 Å². The molecule has 0 atom stereocenters. The first-order chi connectivity index (χ1) is 7.70. The lowest BCUT2D eigenvalue weighted by molar-refractivity contribution is -0.117. The van der Waals surface area contributed by atoms with Crippen LogP contribution >= 0.6 is 0 Å². The SMILES string of the molecule is C=C(C)C(=O)NCCCOC1CCCCC1. The van der Waals surface area contributed by atoms with E-state index in [4.69, 9.17) is 4.74 Å². The number of hydrogen-bond acceptors (Lipinski definition) is 2. The Kier molecular flexibility index (Phi) is 6.16. The molecule has 1 fully saturated rings. The summed E-state index contributed by atoms with van der Waals surface area (Å²) in [5.74, 6) is -0.0577. The fourth-order valence-corrected chi connectivity index (χ4v) is 1.91. The Labute approximate surface area is 98.2 Å². The summed E-state index contributed by atoms with van der Waals surface area (Å²) in [6.45, 7) is 6.73. The molecule has 0 aromatic carbocycles. The molecule has 1 aliphatic rings. The van der Waals surface area contributed by atoms with Crippen LogP contribution in [0.2, 0.25) is 0 Å². The second kappa shape index (κ2) is 7.44. The van der Waals surface area contributed by atoms with Crippen molar-refractivity contribution in [3.63, 3.8) is 0 Å². The van der Waals surface area contributed by atoms with Gasteiger partial charge in [-0.25, -0.2) is 0 Å². The number of hydrogen-bond donors (Lipinski definition) is 1. The van der Waals surface area contributed by atoms with Gasteiger partial charge in [-0.3, -0.25) is 4.79 Å². The van der Waals surface area contributed by atoms with Crippen LogP contribution in [0.15, 0.2) is 12.2 Å². The molecule has 0 heterocycles. The summed E-state index contributed by atoms with van der Waals surface area (Å²) in [5, 5.41) is 2.80. The predicted molar refractivity (Wildman–Crippen MR) is 65.3 cm³/mol. The maximum atomic E-state index is 11.2. The normalized spacial score (nSPS) is 17.1. The van der Waals surface area contributed by atoms with Crippen molar-refractivity contribution in [3.05, 3.63) is 12.2 Å². The van der Waals surface area contributed by atoms with Gasteiger partial charge in [0.05, 0.1) is 6.10 Å². The lowest BCUT2D eigenvalue weighted by Gasteiger charge is -2.21. The molecule has 0 spiro atoms. The summed E-state index contributed by atoms with van der Waals surface area (Å²) >= 11 is 0. The highest BCUT2D eigenvalue weighted by molar-refractivity contribution is 5.91. The average molecular weight is 225 g/mol. The molecular formula is C13H23NO2. The zero-order valence-electron chi connectivity index (χ0n) is 10.3. The van der Waals surface area contributed by atoms with Crippen molar-refractivity contribution in [1.29, 1.82) is 0 Å². The fourth-order valence-electron chi connectivity index (χ4n) is 1.91. The Morgan fingerprint density at radius 3 is 2.69 bits per heavy atom. The monoisotopic (exact) mass is 225 g/mol. The standard InChI is InChI=1S/C13H23NO2/c1-11(2)13(15)14-9-6-10-16-12-7-4-3-5-8-12/h12H,1,3-10H2,2H3,(H,14,15). The lowest BCUT2D eigenvalue weighted by atomic mass is 9.98. The first-order valence-electron chi connectivity index (χ1n) is 6.25. The number of nitrogens with one attached hydrogen (secondary N) is 1. The Morgan fingerprint density at radius 1 is 1.38 bits per heavy atom. The Bertz CT molecular complexity index is 232. The third-order valence-corrected chi connectivity index (χ3v) is 2.90. The van der Waals surface area contributed by atoms with Crippen LogP contribution in [0.4, 0.5) is 0 Å². The highest BCUT2D eigenvalue weighted by Crippen LogP contribution is 2.20. The van der Waals surface area contributed by atoms with Crippen LogP contribution in [0.1, 0.15) is 45.4 Å². The fraction of sp³-hybridized carbons (Fsp3) is 0.769. The Balaban J connectivity index is 1.95. The van der Waals surface area contributed by atoms with Crippen LogP contribution in [0, 0.1) is 0 Å². The third kappa shape index (κ3) is 5.31. The molecule has 1 rings (SSSR count). The summed E-state index contributed by atoms with van der Waals surface area (Å²) in [6, 6.07) is 0. The maximum Gasteiger partial charge on any atom is 0.246 e. The first kappa shape index (κ1) is 13.2. The van der Waals surface area contributed by atoms with E-state index in [2.05, 4.69) is 11.9 Å². The van der Waals surface area contributed by atoms with Gasteiger partial charge >= 0.3 is 0 Å². The van der Waals surface area contributed by atoms with Gasteiger partial charge in [0.2, 0.25) is 5.91 Å². The highest BCUT2D eigenvalue weighted by Gasteiger charge is 2.12. The zero-order chi connectivity index (χ0) is 11.8. The van der Waals surface area contributed by atoms with Crippen molar-refractivity contribution in [2.45, 2.75) is 51.6 Å². The number of ether oxygens (including phenoxy) is 1. The molecule has 0 bridgehead atoms. The first-order valence-corrected chi connectivity index (χ1v) is 6.25. The van der Waals surface area contributed by atoms with Gasteiger partial charge in [-0.15, -0.1) is 0 Å². The highest BCUT2D eigenvalue weighted by atomic mass is 16.5. The number of carbonyl (C=O) groups is 1. The van der Waals surface area contributed by atoms with E-state index in [0.717, 1.165) is 13.0 Å². The van der Waals surface area contributed by atoms with Crippen LogP contribution in [0.25, 0.3) is 0 Å². The van der Waals surface area contributed by atoms with Crippen LogP contribution in [0.5, 0.6) is 0 Å². The van der Waals surface area contributed by atoms with Gasteiger partial charge in [0.15, 0.2) is 0 Å². The largest absolute Gasteiger partial charge is 0.378 e. The number of carbonyl (C=O) groups excluding carboxylic acids is 1. The lowest BCUT2D eigenvalue weighted by Crippen LogP contribution is -2.26. The van der Waals surface area contributed by atoms with E-state index in [-0.39, 0.29) is 5.91 Å². The van der Waals surface area contributed by atoms with Crippen LogP contribution in [-0.4, -0.2) is 25.2 Å². The molecule has 1 N–H and O–H groups in total. The summed E-state index contributed by atoms with van der Waals surface area (Å²) in [7, 11) is 0. The van der Waals surface area contributed by atoms with Crippen LogP contribution in [-0.2, 0) is 9.53 Å². The van der Waals surface area contributed by atoms with E-state index in [1.807, 2.05) is 0 Å². The summed E-state index contributed by atoms with van der Waals surface area (Å²) in [5.41, 5.74) is 0.563. The number of amides is 1. The van der Waals surface area contributed by atoms with Crippen LogP contribution in [0.3, 0.4) is 0 Å². The average Bonchev–Trinajstić information content (AvgIpc) is 2.29. The van der Waals surface area contributed by atoms with Crippen molar-refractivity contribution < 1.29 is 9.53 Å². The molecule has 16 heavy (non-hydrogen) atoms. The molecule has 3 heteroatoms. The van der Waals surface area contributed by atoms with Gasteiger partial charge in [0.25, 0.3) is 0 Å². The Hall–Kier alpha value is -0.830. The van der Waals surface area contributed by atoms with Crippen molar-refractivity contribution in [2.24, 2.45) is 0 Å². The molecule has 0 saturated heterocycles. The summed E-state index contributed by atoms with van der Waals surface area (Å²) < 4.78 is 5.75. The van der Waals surface area contributed by atoms with Crippen molar-refractivity contribution in [2.75, 3.05) is 13.2 Å². The zero-order valence-corrected chi connectivity index (χ0v) is 10.3. The minimum absolute atomic E-state index is 0.0577. The van der Waals surface area contributed by atoms with E-state index in [1.165, 1.54) is 32.1 Å². The third-order valence-electron chi connectivity index (χ3n) is 2.90. The minimum atomic E-state index is -0.0577. The van der Waals surface area contributed by atoms with Gasteiger partial charge in [-0.2, -0.15) is 0 Å². The predicted octanol–water partition coefficient (Wildman–Crippen LogP) is 2.42.